The zero-order chi connectivity index (χ0) is 17.9. The molecule has 0 N–H and O–H groups in total. The summed E-state index contributed by atoms with van der Waals surface area (Å²) in [6.45, 7) is 0. The van der Waals surface area contributed by atoms with Crippen LogP contribution in [0, 0.1) is 0 Å². The van der Waals surface area contributed by atoms with Crippen molar-refractivity contribution in [3.8, 4) is 23.0 Å². The van der Waals surface area contributed by atoms with Crippen molar-refractivity contribution in [2.75, 3.05) is 14.2 Å². The summed E-state index contributed by atoms with van der Waals surface area (Å²) in [6.07, 6.45) is 5.62. The minimum Gasteiger partial charge on any atom is -0.493 e. The van der Waals surface area contributed by atoms with E-state index >= 15 is 0 Å². The number of ether oxygens (including phenoxy) is 2. The second-order valence-electron chi connectivity index (χ2n) is 5.32. The van der Waals surface area contributed by atoms with Crippen molar-refractivity contribution in [3.63, 3.8) is 0 Å². The smallest absolute Gasteiger partial charge is 0.235 e. The molecule has 0 aliphatic rings. The van der Waals surface area contributed by atoms with E-state index in [4.69, 9.17) is 9.47 Å². The van der Waals surface area contributed by atoms with Crippen LogP contribution >= 0.6 is 11.3 Å². The maximum atomic E-state index is 5.33. The van der Waals surface area contributed by atoms with E-state index in [0.717, 1.165) is 21.2 Å². The third kappa shape index (κ3) is 3.02. The molecular formula is C18H15N5O2S. The van der Waals surface area contributed by atoms with Crippen LogP contribution in [0.4, 0.5) is 0 Å². The first kappa shape index (κ1) is 16.2. The summed E-state index contributed by atoms with van der Waals surface area (Å²) in [6, 6.07) is 11.4. The molecule has 0 bridgehead atoms. The van der Waals surface area contributed by atoms with Crippen molar-refractivity contribution in [3.05, 3.63) is 53.2 Å². The Morgan fingerprint density at radius 1 is 1.00 bits per heavy atom. The van der Waals surface area contributed by atoms with E-state index in [2.05, 4.69) is 20.3 Å². The fourth-order valence-corrected chi connectivity index (χ4v) is 3.22. The van der Waals surface area contributed by atoms with E-state index < -0.39 is 0 Å². The fourth-order valence-electron chi connectivity index (χ4n) is 2.48. The van der Waals surface area contributed by atoms with Crippen LogP contribution in [0.25, 0.3) is 28.6 Å². The van der Waals surface area contributed by atoms with E-state index in [1.54, 1.807) is 24.9 Å². The van der Waals surface area contributed by atoms with Crippen LogP contribution in [-0.4, -0.2) is 39.0 Å². The Labute approximate surface area is 153 Å². The largest absolute Gasteiger partial charge is 0.493 e. The molecule has 0 aliphatic carbocycles. The van der Waals surface area contributed by atoms with Crippen molar-refractivity contribution >= 4 is 28.4 Å². The highest BCUT2D eigenvalue weighted by molar-refractivity contribution is 7.17. The predicted molar refractivity (Wildman–Crippen MR) is 100 cm³/mol. The summed E-state index contributed by atoms with van der Waals surface area (Å²) in [5.41, 5.74) is 1.72. The van der Waals surface area contributed by atoms with Gasteiger partial charge < -0.3 is 9.47 Å². The van der Waals surface area contributed by atoms with Gasteiger partial charge in [-0.3, -0.25) is 4.98 Å². The van der Waals surface area contributed by atoms with E-state index in [9.17, 15) is 0 Å². The highest BCUT2D eigenvalue weighted by atomic mass is 32.1. The van der Waals surface area contributed by atoms with E-state index in [1.165, 1.54) is 11.3 Å². The van der Waals surface area contributed by atoms with Crippen molar-refractivity contribution in [1.82, 2.24) is 24.8 Å². The summed E-state index contributed by atoms with van der Waals surface area (Å²) in [4.78, 5) is 5.03. The van der Waals surface area contributed by atoms with Gasteiger partial charge in [0.15, 0.2) is 11.5 Å². The van der Waals surface area contributed by atoms with Crippen molar-refractivity contribution in [2.45, 2.75) is 0 Å². The van der Waals surface area contributed by atoms with Gasteiger partial charge in [0.05, 0.1) is 14.2 Å². The zero-order valence-corrected chi connectivity index (χ0v) is 15.0. The molecule has 3 aromatic heterocycles. The maximum Gasteiger partial charge on any atom is 0.235 e. The molecule has 0 aliphatic heterocycles. The Hall–Kier alpha value is -3.26. The summed E-state index contributed by atoms with van der Waals surface area (Å²) < 4.78 is 12.3. The monoisotopic (exact) mass is 365 g/mol. The number of hydrogen-bond donors (Lipinski definition) is 0. The lowest BCUT2D eigenvalue weighted by Crippen LogP contribution is -1.92. The van der Waals surface area contributed by atoms with Crippen molar-refractivity contribution < 1.29 is 9.47 Å². The standard InChI is InChI=1S/C18H15N5O2S/c1-24-14-8-6-12(11-15(14)25-2)7-9-16-22-23-17(20-21-18(23)26-16)13-5-3-4-10-19-13/h3-11H,1-2H3. The molecule has 4 aromatic rings. The van der Waals surface area contributed by atoms with Gasteiger partial charge in [0.1, 0.15) is 10.7 Å². The SMILES string of the molecule is COc1ccc(C=Cc2nn3c(-c4ccccn4)nnc3s2)cc1OC. The molecule has 0 saturated carbocycles. The molecule has 4 rings (SSSR count). The number of hydrogen-bond acceptors (Lipinski definition) is 7. The number of benzene rings is 1. The zero-order valence-electron chi connectivity index (χ0n) is 14.2. The molecule has 3 heterocycles. The molecule has 0 saturated heterocycles. The van der Waals surface area contributed by atoms with Gasteiger partial charge in [-0.2, -0.15) is 9.61 Å². The van der Waals surface area contributed by atoms with Crippen LogP contribution < -0.4 is 9.47 Å². The highest BCUT2D eigenvalue weighted by Gasteiger charge is 2.13. The van der Waals surface area contributed by atoms with Gasteiger partial charge in [0.2, 0.25) is 10.8 Å². The van der Waals surface area contributed by atoms with Crippen LogP contribution in [0.1, 0.15) is 10.6 Å². The minimum absolute atomic E-state index is 0.627. The number of rotatable bonds is 5. The van der Waals surface area contributed by atoms with Crippen LogP contribution in [0.3, 0.4) is 0 Å². The molecule has 26 heavy (non-hydrogen) atoms. The Morgan fingerprint density at radius 2 is 1.88 bits per heavy atom. The molecule has 0 unspecified atom stereocenters. The Kier molecular flexibility index (Phi) is 4.32. The molecule has 130 valence electrons. The van der Waals surface area contributed by atoms with Crippen molar-refractivity contribution in [2.24, 2.45) is 0 Å². The quantitative estimate of drug-likeness (QED) is 0.539. The van der Waals surface area contributed by atoms with Crippen LogP contribution in [-0.2, 0) is 0 Å². The van der Waals surface area contributed by atoms with E-state index in [0.29, 0.717) is 17.3 Å². The predicted octanol–water partition coefficient (Wildman–Crippen LogP) is 3.44. The van der Waals surface area contributed by atoms with Gasteiger partial charge in [0.25, 0.3) is 0 Å². The number of nitrogens with zero attached hydrogens (tertiary/aromatic N) is 5. The Bertz CT molecular complexity index is 1070. The van der Waals surface area contributed by atoms with Crippen LogP contribution in [0.5, 0.6) is 11.5 Å². The molecule has 0 atom stereocenters. The molecule has 8 heteroatoms. The summed E-state index contributed by atoms with van der Waals surface area (Å²) in [5.74, 6) is 2.01. The molecule has 1 aromatic carbocycles. The first-order valence-corrected chi connectivity index (χ1v) is 8.64. The highest BCUT2D eigenvalue weighted by Crippen LogP contribution is 2.28. The molecule has 0 fully saturated rings. The van der Waals surface area contributed by atoms with E-state index in [1.807, 2.05) is 48.6 Å². The Balaban J connectivity index is 1.64. The molecule has 7 nitrogen and oxygen atoms in total. The maximum absolute atomic E-state index is 5.33. The number of aromatic nitrogens is 5. The van der Waals surface area contributed by atoms with Gasteiger partial charge in [-0.05, 0) is 35.9 Å². The number of pyridine rings is 1. The normalized spacial score (nSPS) is 11.3. The van der Waals surface area contributed by atoms with Crippen LogP contribution in [0.2, 0.25) is 0 Å². The third-order valence-corrected chi connectivity index (χ3v) is 4.59. The van der Waals surface area contributed by atoms with Crippen molar-refractivity contribution in [1.29, 1.82) is 0 Å². The fraction of sp³-hybridized carbons (Fsp3) is 0.111. The second-order valence-corrected chi connectivity index (χ2v) is 6.31. The van der Waals surface area contributed by atoms with E-state index in [-0.39, 0.29) is 0 Å². The summed E-state index contributed by atoms with van der Waals surface area (Å²) >= 11 is 1.46. The average molecular weight is 365 g/mol. The lowest BCUT2D eigenvalue weighted by molar-refractivity contribution is 0.355. The first-order valence-electron chi connectivity index (χ1n) is 7.82. The number of fused-ring (bicyclic) bond motifs is 1. The van der Waals surface area contributed by atoms with Crippen LogP contribution in [0.15, 0.2) is 42.6 Å². The molecule has 0 radical (unpaired) electrons. The summed E-state index contributed by atoms with van der Waals surface area (Å²) in [7, 11) is 3.24. The number of methoxy groups -OCH3 is 2. The molecule has 0 amide bonds. The first-order chi connectivity index (χ1) is 12.8. The summed E-state index contributed by atoms with van der Waals surface area (Å²) in [5, 5.41) is 13.7. The van der Waals surface area contributed by atoms with Gasteiger partial charge in [-0.1, -0.05) is 29.5 Å². The topological polar surface area (TPSA) is 74.4 Å². The van der Waals surface area contributed by atoms with Gasteiger partial charge >= 0.3 is 0 Å². The lowest BCUT2D eigenvalue weighted by atomic mass is 10.2. The Morgan fingerprint density at radius 3 is 2.65 bits per heavy atom. The van der Waals surface area contributed by atoms with Gasteiger partial charge in [0, 0.05) is 6.20 Å². The second kappa shape index (κ2) is 6.93. The minimum atomic E-state index is 0.627. The van der Waals surface area contributed by atoms with Gasteiger partial charge in [-0.25, -0.2) is 0 Å². The lowest BCUT2D eigenvalue weighted by Gasteiger charge is -2.07. The molecular weight excluding hydrogens is 350 g/mol. The molecule has 0 spiro atoms. The van der Waals surface area contributed by atoms with Gasteiger partial charge in [-0.15, -0.1) is 10.2 Å². The third-order valence-electron chi connectivity index (χ3n) is 3.73. The average Bonchev–Trinajstić information content (AvgIpc) is 3.27.